The van der Waals surface area contributed by atoms with Crippen LogP contribution < -0.4 is 0 Å². The molecule has 1 aliphatic carbocycles. The maximum absolute atomic E-state index is 11.1. The van der Waals surface area contributed by atoms with Gasteiger partial charge in [-0.05, 0) is 18.8 Å². The third kappa shape index (κ3) is 3.86. The van der Waals surface area contributed by atoms with E-state index in [9.17, 15) is 8.42 Å². The number of halogens is 1. The highest BCUT2D eigenvalue weighted by Gasteiger charge is 2.24. The summed E-state index contributed by atoms with van der Waals surface area (Å²) >= 11 is 0. The predicted octanol–water partition coefficient (Wildman–Crippen LogP) is 2.91. The van der Waals surface area contributed by atoms with Gasteiger partial charge < -0.3 is 0 Å². The van der Waals surface area contributed by atoms with Gasteiger partial charge in [0.2, 0.25) is 9.05 Å². The summed E-state index contributed by atoms with van der Waals surface area (Å²) in [6.07, 6.45) is 5.77. The van der Waals surface area contributed by atoms with Crippen molar-refractivity contribution in [1.29, 1.82) is 0 Å². The lowest BCUT2D eigenvalue weighted by Gasteiger charge is -2.20. The van der Waals surface area contributed by atoms with Crippen molar-refractivity contribution in [2.45, 2.75) is 50.7 Å². The third-order valence-corrected chi connectivity index (χ3v) is 4.87. The highest BCUT2D eigenvalue weighted by molar-refractivity contribution is 8.14. The molecule has 0 unspecified atom stereocenters. The van der Waals surface area contributed by atoms with Gasteiger partial charge >= 0.3 is 0 Å². The van der Waals surface area contributed by atoms with Gasteiger partial charge in [-0.3, -0.25) is 0 Å². The molecular formula is C9H17ClO2S. The van der Waals surface area contributed by atoms with Crippen molar-refractivity contribution >= 4 is 19.7 Å². The molecule has 0 spiro atoms. The molecule has 0 radical (unpaired) electrons. The van der Waals surface area contributed by atoms with E-state index in [2.05, 4.69) is 6.92 Å². The molecule has 1 aliphatic rings. The van der Waals surface area contributed by atoms with Gasteiger partial charge in [-0.15, -0.1) is 0 Å². The van der Waals surface area contributed by atoms with Gasteiger partial charge in [0.15, 0.2) is 0 Å². The smallest absolute Gasteiger partial charge is 0.212 e. The van der Waals surface area contributed by atoms with Crippen molar-refractivity contribution in [3.63, 3.8) is 0 Å². The minimum absolute atomic E-state index is 0.290. The van der Waals surface area contributed by atoms with E-state index >= 15 is 0 Å². The van der Waals surface area contributed by atoms with E-state index in [1.165, 1.54) is 0 Å². The van der Waals surface area contributed by atoms with Gasteiger partial charge in [0, 0.05) is 10.7 Å². The largest absolute Gasteiger partial charge is 0.235 e. The van der Waals surface area contributed by atoms with Crippen LogP contribution in [0.25, 0.3) is 0 Å². The molecule has 1 rings (SSSR count). The second-order valence-corrected chi connectivity index (χ2v) is 6.97. The van der Waals surface area contributed by atoms with Crippen molar-refractivity contribution in [2.75, 3.05) is 0 Å². The summed E-state index contributed by atoms with van der Waals surface area (Å²) in [6, 6.07) is 0. The quantitative estimate of drug-likeness (QED) is 0.642. The first-order valence-corrected chi connectivity index (χ1v) is 7.31. The lowest BCUT2D eigenvalue weighted by molar-refractivity contribution is 0.403. The third-order valence-electron chi connectivity index (χ3n) is 2.84. The molecule has 0 aliphatic heterocycles. The van der Waals surface area contributed by atoms with Crippen LogP contribution in [0, 0.1) is 5.92 Å². The fourth-order valence-electron chi connectivity index (χ4n) is 1.96. The molecule has 1 fully saturated rings. The minimum atomic E-state index is -3.31. The highest BCUT2D eigenvalue weighted by Crippen LogP contribution is 2.27. The Morgan fingerprint density at radius 1 is 1.08 bits per heavy atom. The first kappa shape index (κ1) is 11.3. The molecule has 13 heavy (non-hydrogen) atoms. The van der Waals surface area contributed by atoms with E-state index in [1.54, 1.807) is 0 Å². The lowest BCUT2D eigenvalue weighted by Crippen LogP contribution is -2.18. The van der Waals surface area contributed by atoms with Crippen LogP contribution in [0.4, 0.5) is 0 Å². The lowest BCUT2D eigenvalue weighted by atomic mass is 9.92. The minimum Gasteiger partial charge on any atom is -0.212 e. The van der Waals surface area contributed by atoms with E-state index in [0.29, 0.717) is 0 Å². The molecule has 0 heterocycles. The van der Waals surface area contributed by atoms with Crippen LogP contribution in [0.5, 0.6) is 0 Å². The van der Waals surface area contributed by atoms with Gasteiger partial charge in [-0.1, -0.05) is 32.6 Å². The fourth-order valence-corrected chi connectivity index (χ4v) is 3.39. The van der Waals surface area contributed by atoms with Gasteiger partial charge in [0.25, 0.3) is 0 Å². The fraction of sp³-hybridized carbons (Fsp3) is 1.00. The van der Waals surface area contributed by atoms with E-state index in [1.807, 2.05) is 0 Å². The Morgan fingerprint density at radius 3 is 1.92 bits per heavy atom. The van der Waals surface area contributed by atoms with E-state index in [-0.39, 0.29) is 5.25 Å². The van der Waals surface area contributed by atoms with Crippen molar-refractivity contribution < 1.29 is 8.42 Å². The van der Waals surface area contributed by atoms with Crippen LogP contribution in [0.3, 0.4) is 0 Å². The normalized spacial score (nSPS) is 32.2. The Balaban J connectivity index is 2.51. The summed E-state index contributed by atoms with van der Waals surface area (Å²) in [5, 5.41) is -0.290. The number of hydrogen-bond acceptors (Lipinski definition) is 2. The summed E-state index contributed by atoms with van der Waals surface area (Å²) in [7, 11) is 2.04. The van der Waals surface area contributed by atoms with Crippen LogP contribution in [0.15, 0.2) is 0 Å². The topological polar surface area (TPSA) is 34.1 Å². The monoisotopic (exact) mass is 224 g/mol. The van der Waals surface area contributed by atoms with Crippen LogP contribution in [-0.2, 0) is 9.05 Å². The zero-order chi connectivity index (χ0) is 9.90. The molecule has 0 aromatic carbocycles. The maximum atomic E-state index is 11.1. The molecule has 0 atom stereocenters. The summed E-state index contributed by atoms with van der Waals surface area (Å²) < 4.78 is 22.2. The first-order chi connectivity index (χ1) is 6.00. The maximum Gasteiger partial charge on any atom is 0.235 e. The van der Waals surface area contributed by atoms with Crippen molar-refractivity contribution in [1.82, 2.24) is 0 Å². The summed E-state index contributed by atoms with van der Waals surface area (Å²) in [5.41, 5.74) is 0. The van der Waals surface area contributed by atoms with Crippen LogP contribution in [0.2, 0.25) is 0 Å². The van der Waals surface area contributed by atoms with Crippen molar-refractivity contribution in [3.8, 4) is 0 Å². The zero-order valence-corrected chi connectivity index (χ0v) is 9.57. The Kier molecular flexibility index (Phi) is 4.05. The molecule has 0 aromatic rings. The Labute approximate surface area is 85.1 Å². The summed E-state index contributed by atoms with van der Waals surface area (Å²) in [4.78, 5) is 0. The molecule has 0 aromatic heterocycles. The van der Waals surface area contributed by atoms with E-state index in [4.69, 9.17) is 10.7 Å². The SMILES string of the molecule is CC1CCCC(S(=O)(=O)Cl)CCC1. The molecule has 0 amide bonds. The molecule has 0 bridgehead atoms. The molecule has 1 saturated carbocycles. The average molecular weight is 225 g/mol. The van der Waals surface area contributed by atoms with Gasteiger partial charge in [0.05, 0.1) is 5.25 Å². The van der Waals surface area contributed by atoms with Crippen LogP contribution in [0.1, 0.15) is 45.4 Å². The standard InChI is InChI=1S/C9H17ClO2S/c1-8-4-2-6-9(7-3-5-8)13(10,11)12/h8-9H,2-7H2,1H3. The molecule has 0 saturated heterocycles. The summed E-state index contributed by atoms with van der Waals surface area (Å²) in [6.45, 7) is 2.23. The Bertz CT molecular complexity index is 238. The second kappa shape index (κ2) is 4.65. The van der Waals surface area contributed by atoms with Gasteiger partial charge in [-0.2, -0.15) is 0 Å². The average Bonchev–Trinajstić information content (AvgIpc) is 1.93. The molecule has 0 N–H and O–H groups in total. The molecular weight excluding hydrogens is 208 g/mol. The predicted molar refractivity (Wildman–Crippen MR) is 55.4 cm³/mol. The van der Waals surface area contributed by atoms with Crippen LogP contribution >= 0.6 is 10.7 Å². The number of rotatable bonds is 1. The second-order valence-electron chi connectivity index (χ2n) is 4.06. The van der Waals surface area contributed by atoms with Crippen molar-refractivity contribution in [3.05, 3.63) is 0 Å². The highest BCUT2D eigenvalue weighted by atomic mass is 35.7. The van der Waals surface area contributed by atoms with Crippen molar-refractivity contribution in [2.24, 2.45) is 5.92 Å². The van der Waals surface area contributed by atoms with E-state index in [0.717, 1.165) is 44.4 Å². The summed E-state index contributed by atoms with van der Waals surface area (Å²) in [5.74, 6) is 0.749. The van der Waals surface area contributed by atoms with Crippen LogP contribution in [-0.4, -0.2) is 13.7 Å². The zero-order valence-electron chi connectivity index (χ0n) is 8.00. The van der Waals surface area contributed by atoms with Gasteiger partial charge in [0.1, 0.15) is 0 Å². The molecule has 78 valence electrons. The Morgan fingerprint density at radius 2 is 1.54 bits per heavy atom. The van der Waals surface area contributed by atoms with E-state index < -0.39 is 9.05 Å². The molecule has 2 nitrogen and oxygen atoms in total. The first-order valence-electron chi connectivity index (χ1n) is 4.93. The number of hydrogen-bond donors (Lipinski definition) is 0. The molecule has 4 heteroatoms. The van der Waals surface area contributed by atoms with Gasteiger partial charge in [-0.25, -0.2) is 8.42 Å². The Hall–Kier alpha value is 0.240.